The van der Waals surface area contributed by atoms with Gasteiger partial charge < -0.3 is 25.0 Å². The number of ether oxygens (including phenoxy) is 2. The van der Waals surface area contributed by atoms with Crippen molar-refractivity contribution >= 4 is 29.5 Å². The number of benzene rings is 2. The Morgan fingerprint density at radius 1 is 0.978 bits per heavy atom. The van der Waals surface area contributed by atoms with Crippen molar-refractivity contribution in [1.29, 1.82) is 0 Å². The first-order valence-corrected chi connectivity index (χ1v) is 15.1. The lowest BCUT2D eigenvalue weighted by atomic mass is 9.73. The highest BCUT2D eigenvalue weighted by molar-refractivity contribution is 6.14. The number of hydrogen-bond acceptors (Lipinski definition) is 7. The molecular formula is C33H41F2N5O6. The zero-order valence-electron chi connectivity index (χ0n) is 26.7. The number of nitrogens with one attached hydrogen (secondary N) is 2. The predicted molar refractivity (Wildman–Crippen MR) is 166 cm³/mol. The molecule has 1 saturated heterocycles. The fourth-order valence-corrected chi connectivity index (χ4v) is 5.42. The van der Waals surface area contributed by atoms with Crippen molar-refractivity contribution in [3.05, 3.63) is 71.8 Å². The van der Waals surface area contributed by atoms with Crippen molar-refractivity contribution in [2.45, 2.75) is 77.8 Å². The molecule has 4 rings (SSSR count). The maximum absolute atomic E-state index is 14.1. The molecule has 0 aliphatic carbocycles. The van der Waals surface area contributed by atoms with Gasteiger partial charge in [0.2, 0.25) is 11.8 Å². The summed E-state index contributed by atoms with van der Waals surface area (Å²) in [4.78, 5) is 55.0. The number of amides is 4. The summed E-state index contributed by atoms with van der Waals surface area (Å²) in [5.74, 6) is -2.13. The van der Waals surface area contributed by atoms with E-state index < -0.39 is 53.0 Å². The molecular weight excluding hydrogens is 600 g/mol. The lowest BCUT2D eigenvalue weighted by Crippen LogP contribution is -2.63. The summed E-state index contributed by atoms with van der Waals surface area (Å²) < 4.78 is 38.9. The van der Waals surface area contributed by atoms with Gasteiger partial charge in [0.05, 0.1) is 18.9 Å². The monoisotopic (exact) mass is 641 g/mol. The van der Waals surface area contributed by atoms with Gasteiger partial charge in [-0.1, -0.05) is 60.7 Å². The van der Waals surface area contributed by atoms with Crippen LogP contribution in [0.4, 0.5) is 13.6 Å². The summed E-state index contributed by atoms with van der Waals surface area (Å²) in [5.41, 5.74) is -1.94. The quantitative estimate of drug-likeness (QED) is 0.359. The molecule has 1 unspecified atom stereocenters. The normalized spacial score (nSPS) is 19.0. The minimum Gasteiger partial charge on any atom is -0.444 e. The molecule has 11 nitrogen and oxygen atoms in total. The first-order chi connectivity index (χ1) is 21.6. The van der Waals surface area contributed by atoms with Gasteiger partial charge in [-0.2, -0.15) is 18.9 Å². The SMILES string of the molecule is CC(C)(C)OC(=O)NC(C)(C)C(=O)N[C@H](COCc1ccccc1)C(=O)N1CCC2=NN(C(F)F)C(=O)C2(Cc2ccccc2)C1. The summed E-state index contributed by atoms with van der Waals surface area (Å²) in [6, 6.07) is 16.9. The van der Waals surface area contributed by atoms with E-state index in [0.29, 0.717) is 0 Å². The zero-order chi connectivity index (χ0) is 33.7. The largest absolute Gasteiger partial charge is 0.444 e. The van der Waals surface area contributed by atoms with E-state index in [-0.39, 0.29) is 49.9 Å². The molecule has 0 saturated carbocycles. The third-order valence-corrected chi connectivity index (χ3v) is 7.70. The minimum atomic E-state index is -3.14. The van der Waals surface area contributed by atoms with Crippen molar-refractivity contribution in [1.82, 2.24) is 20.5 Å². The van der Waals surface area contributed by atoms with Crippen LogP contribution in [-0.4, -0.2) is 82.9 Å². The molecule has 1 fully saturated rings. The Hall–Kier alpha value is -4.39. The molecule has 4 amide bonds. The molecule has 2 aliphatic heterocycles. The van der Waals surface area contributed by atoms with E-state index in [1.807, 2.05) is 30.3 Å². The zero-order valence-corrected chi connectivity index (χ0v) is 26.7. The first kappa shape index (κ1) is 34.5. The Morgan fingerprint density at radius 2 is 1.59 bits per heavy atom. The van der Waals surface area contributed by atoms with Gasteiger partial charge in [-0.05, 0) is 52.2 Å². The van der Waals surface area contributed by atoms with Crippen LogP contribution in [0.15, 0.2) is 65.8 Å². The fraction of sp³-hybridized carbons (Fsp3) is 0.485. The molecule has 13 heteroatoms. The molecule has 2 heterocycles. The van der Waals surface area contributed by atoms with Crippen molar-refractivity contribution < 1.29 is 37.4 Å². The average Bonchev–Trinajstić information content (AvgIpc) is 3.27. The van der Waals surface area contributed by atoms with E-state index in [0.717, 1.165) is 11.1 Å². The summed E-state index contributed by atoms with van der Waals surface area (Å²) >= 11 is 0. The number of nitrogens with zero attached hydrogens (tertiary/aromatic N) is 3. The van der Waals surface area contributed by atoms with E-state index in [2.05, 4.69) is 15.7 Å². The van der Waals surface area contributed by atoms with Crippen LogP contribution in [0.1, 0.15) is 52.2 Å². The van der Waals surface area contributed by atoms with Crippen LogP contribution in [0.25, 0.3) is 0 Å². The van der Waals surface area contributed by atoms with E-state index in [1.165, 1.54) is 18.7 Å². The van der Waals surface area contributed by atoms with Crippen LogP contribution in [0.5, 0.6) is 0 Å². The predicted octanol–water partition coefficient (Wildman–Crippen LogP) is 3.87. The first-order valence-electron chi connectivity index (χ1n) is 15.1. The standard InChI is InChI=1S/C33H41F2N5O6/c1-31(2,3)46-30(44)37-32(4,5)27(42)36-24(20-45-19-23-14-10-7-11-15-23)26(41)39-17-16-25-33(21-39,18-22-12-8-6-9-13-22)28(43)40(38-25)29(34)35/h6-15,24,29H,16-21H2,1-5H3,(H,36,42)(H,37,44)/t24-,33?/m1/s1. The van der Waals surface area contributed by atoms with Crippen molar-refractivity contribution in [3.63, 3.8) is 0 Å². The molecule has 2 atom stereocenters. The molecule has 46 heavy (non-hydrogen) atoms. The maximum atomic E-state index is 14.1. The number of halogens is 2. The number of piperidine rings is 1. The Labute approximate surface area is 267 Å². The Bertz CT molecular complexity index is 1450. The van der Waals surface area contributed by atoms with E-state index in [4.69, 9.17) is 9.47 Å². The fourth-order valence-electron chi connectivity index (χ4n) is 5.42. The van der Waals surface area contributed by atoms with E-state index in [9.17, 15) is 28.0 Å². The van der Waals surface area contributed by atoms with E-state index >= 15 is 0 Å². The molecule has 2 aromatic rings. The van der Waals surface area contributed by atoms with Crippen molar-refractivity contribution in [2.75, 3.05) is 19.7 Å². The number of hydrazone groups is 1. The molecule has 2 aromatic carbocycles. The topological polar surface area (TPSA) is 130 Å². The highest BCUT2D eigenvalue weighted by Crippen LogP contribution is 2.40. The average molecular weight is 642 g/mol. The number of alkyl carbamates (subject to hydrolysis) is 1. The van der Waals surface area contributed by atoms with Crippen LogP contribution in [-0.2, 0) is 36.9 Å². The molecule has 248 valence electrons. The number of rotatable bonds is 11. The number of carbonyl (C=O) groups excluding carboxylic acids is 4. The summed E-state index contributed by atoms with van der Waals surface area (Å²) in [6.45, 7) is 4.64. The molecule has 0 aromatic heterocycles. The van der Waals surface area contributed by atoms with Crippen LogP contribution >= 0.6 is 0 Å². The Balaban J connectivity index is 1.57. The van der Waals surface area contributed by atoms with Crippen LogP contribution in [0.3, 0.4) is 0 Å². The second kappa shape index (κ2) is 13.9. The Morgan fingerprint density at radius 3 is 2.17 bits per heavy atom. The van der Waals surface area contributed by atoms with Gasteiger partial charge in [0.1, 0.15) is 22.6 Å². The van der Waals surface area contributed by atoms with Gasteiger partial charge >= 0.3 is 12.6 Å². The van der Waals surface area contributed by atoms with Gasteiger partial charge in [0.15, 0.2) is 0 Å². The molecule has 0 radical (unpaired) electrons. The number of alkyl halides is 2. The molecule has 0 spiro atoms. The second-order valence-electron chi connectivity index (χ2n) is 13.0. The van der Waals surface area contributed by atoms with Crippen LogP contribution < -0.4 is 10.6 Å². The van der Waals surface area contributed by atoms with E-state index in [1.54, 1.807) is 51.1 Å². The number of hydrogen-bond donors (Lipinski definition) is 2. The lowest BCUT2D eigenvalue weighted by molar-refractivity contribution is -0.152. The third-order valence-electron chi connectivity index (χ3n) is 7.70. The Kier molecular flexibility index (Phi) is 10.4. The summed E-state index contributed by atoms with van der Waals surface area (Å²) in [5, 5.41) is 9.40. The number of carbonyl (C=O) groups is 4. The van der Waals surface area contributed by atoms with Gasteiger partial charge in [-0.25, -0.2) is 4.79 Å². The second-order valence-corrected chi connectivity index (χ2v) is 13.0. The molecule has 2 N–H and O–H groups in total. The van der Waals surface area contributed by atoms with Gasteiger partial charge in [-0.15, -0.1) is 0 Å². The van der Waals surface area contributed by atoms with Crippen LogP contribution in [0, 0.1) is 5.41 Å². The number of fused-ring (bicyclic) bond motifs is 1. The highest BCUT2D eigenvalue weighted by atomic mass is 19.3. The van der Waals surface area contributed by atoms with Crippen molar-refractivity contribution in [2.24, 2.45) is 10.5 Å². The molecule has 0 bridgehead atoms. The lowest BCUT2D eigenvalue weighted by Gasteiger charge is -2.41. The summed E-state index contributed by atoms with van der Waals surface area (Å²) in [6.07, 6.45) is -0.664. The van der Waals surface area contributed by atoms with Gasteiger partial charge in [0, 0.05) is 19.5 Å². The number of likely N-dealkylation sites (tertiary alicyclic amines) is 1. The third kappa shape index (κ3) is 8.25. The van der Waals surface area contributed by atoms with Gasteiger partial charge in [0.25, 0.3) is 5.91 Å². The molecule has 2 aliphatic rings. The highest BCUT2D eigenvalue weighted by Gasteiger charge is 2.56. The van der Waals surface area contributed by atoms with Gasteiger partial charge in [-0.3, -0.25) is 14.4 Å². The van der Waals surface area contributed by atoms with Crippen LogP contribution in [0.2, 0.25) is 0 Å². The van der Waals surface area contributed by atoms with Crippen molar-refractivity contribution in [3.8, 4) is 0 Å². The minimum absolute atomic E-state index is 0.0624. The summed E-state index contributed by atoms with van der Waals surface area (Å²) in [7, 11) is 0. The maximum Gasteiger partial charge on any atom is 0.408 e. The smallest absolute Gasteiger partial charge is 0.408 e.